The Kier molecular flexibility index (Phi) is 8.30. The van der Waals surface area contributed by atoms with Crippen molar-refractivity contribution in [1.82, 2.24) is 20.9 Å². The largest absolute Gasteiger partial charge is 0.481 e. The third-order valence-electron chi connectivity index (χ3n) is 5.20. The summed E-state index contributed by atoms with van der Waals surface area (Å²) in [5.74, 6) is -6.63. The Balaban J connectivity index is 2.07. The highest BCUT2D eigenvalue weighted by molar-refractivity contribution is 5.96. The summed E-state index contributed by atoms with van der Waals surface area (Å²) in [6.45, 7) is 1.05. The van der Waals surface area contributed by atoms with Crippen molar-refractivity contribution in [3.8, 4) is 0 Å². The van der Waals surface area contributed by atoms with E-state index in [1.54, 1.807) is 0 Å². The Morgan fingerprint density at radius 1 is 0.903 bits per heavy atom. The van der Waals surface area contributed by atoms with Gasteiger partial charge in [0.2, 0.25) is 17.7 Å². The summed E-state index contributed by atoms with van der Waals surface area (Å²) < 4.78 is 0. The van der Waals surface area contributed by atoms with Gasteiger partial charge in [-0.3, -0.25) is 24.0 Å². The number of amides is 3. The van der Waals surface area contributed by atoms with Gasteiger partial charge in [-0.15, -0.1) is 0 Å². The molecule has 0 radical (unpaired) electrons. The molecule has 2 heterocycles. The number of aliphatic carboxylic acids is 3. The summed E-state index contributed by atoms with van der Waals surface area (Å²) >= 11 is 0. The summed E-state index contributed by atoms with van der Waals surface area (Å²) in [5.41, 5.74) is 0. The zero-order valence-corrected chi connectivity index (χ0v) is 16.7. The molecule has 0 aromatic heterocycles. The molecule has 172 valence electrons. The van der Waals surface area contributed by atoms with Gasteiger partial charge in [0.1, 0.15) is 18.1 Å². The van der Waals surface area contributed by atoms with E-state index in [-0.39, 0.29) is 11.9 Å². The van der Waals surface area contributed by atoms with Crippen molar-refractivity contribution in [2.24, 2.45) is 0 Å². The molecule has 2 rings (SSSR count). The topological polar surface area (TPSA) is 202 Å². The predicted octanol–water partition coefficient (Wildman–Crippen LogP) is -2.27. The Bertz CT molecular complexity index is 750. The van der Waals surface area contributed by atoms with Crippen molar-refractivity contribution in [3.05, 3.63) is 0 Å². The number of carboxylic acid groups (broad SMARTS) is 3. The predicted molar refractivity (Wildman–Crippen MR) is 102 cm³/mol. The minimum absolute atomic E-state index is 0.234. The lowest BCUT2D eigenvalue weighted by atomic mass is 10.1. The second-order valence-electron chi connectivity index (χ2n) is 7.49. The standard InChI is InChI=1S/C18H26N4O9/c23-13(24)7-10(15(27)21-11(18(30)31)8-14(25)26)20-16(28)12-4-2-6-22(12)17(29)9-3-1-5-19-9/h9-12,19H,1-8H2,(H,20,28)(H,21,27)(H,23,24)(H,25,26)(H,30,31). The molecular formula is C18H26N4O9. The van der Waals surface area contributed by atoms with Crippen LogP contribution in [0.15, 0.2) is 0 Å². The minimum atomic E-state index is -1.80. The van der Waals surface area contributed by atoms with Crippen LogP contribution in [0.4, 0.5) is 0 Å². The third kappa shape index (κ3) is 6.64. The van der Waals surface area contributed by atoms with Crippen LogP contribution in [0.1, 0.15) is 38.5 Å². The number of carboxylic acids is 3. The van der Waals surface area contributed by atoms with E-state index in [9.17, 15) is 28.8 Å². The molecule has 0 aliphatic carbocycles. The highest BCUT2D eigenvalue weighted by Crippen LogP contribution is 2.21. The van der Waals surface area contributed by atoms with E-state index in [0.717, 1.165) is 6.42 Å². The van der Waals surface area contributed by atoms with E-state index in [1.165, 1.54) is 4.90 Å². The van der Waals surface area contributed by atoms with Crippen LogP contribution in [0.25, 0.3) is 0 Å². The van der Waals surface area contributed by atoms with Gasteiger partial charge in [0.25, 0.3) is 0 Å². The van der Waals surface area contributed by atoms with Gasteiger partial charge in [-0.05, 0) is 32.2 Å². The summed E-state index contributed by atoms with van der Waals surface area (Å²) in [6, 6.07) is -4.70. The molecule has 2 fully saturated rings. The van der Waals surface area contributed by atoms with Gasteiger partial charge >= 0.3 is 17.9 Å². The van der Waals surface area contributed by atoms with E-state index < -0.39 is 60.7 Å². The normalized spacial score (nSPS) is 22.4. The first-order chi connectivity index (χ1) is 14.6. The molecule has 6 N–H and O–H groups in total. The number of rotatable bonds is 10. The van der Waals surface area contributed by atoms with Crippen LogP contribution in [0.5, 0.6) is 0 Å². The Labute approximate surface area is 177 Å². The van der Waals surface area contributed by atoms with Gasteiger partial charge in [0, 0.05) is 6.54 Å². The lowest BCUT2D eigenvalue weighted by molar-refractivity contribution is -0.148. The highest BCUT2D eigenvalue weighted by atomic mass is 16.4. The van der Waals surface area contributed by atoms with Crippen molar-refractivity contribution < 1.29 is 44.1 Å². The number of nitrogens with zero attached hydrogens (tertiary/aromatic N) is 1. The smallest absolute Gasteiger partial charge is 0.326 e. The van der Waals surface area contributed by atoms with E-state index in [0.29, 0.717) is 32.4 Å². The lowest BCUT2D eigenvalue weighted by Gasteiger charge is -2.28. The number of nitrogens with one attached hydrogen (secondary N) is 3. The fraction of sp³-hybridized carbons (Fsp3) is 0.667. The van der Waals surface area contributed by atoms with E-state index >= 15 is 0 Å². The van der Waals surface area contributed by atoms with E-state index in [4.69, 9.17) is 15.3 Å². The lowest BCUT2D eigenvalue weighted by Crippen LogP contribution is -2.57. The number of hydrogen-bond donors (Lipinski definition) is 6. The van der Waals surface area contributed by atoms with Crippen molar-refractivity contribution in [3.63, 3.8) is 0 Å². The van der Waals surface area contributed by atoms with Gasteiger partial charge in [0.15, 0.2) is 0 Å². The number of carbonyl (C=O) groups excluding carboxylic acids is 3. The molecule has 2 aliphatic heterocycles. The maximum atomic E-state index is 12.8. The van der Waals surface area contributed by atoms with Crippen LogP contribution in [-0.4, -0.2) is 93.1 Å². The molecule has 0 aromatic carbocycles. The molecule has 2 saturated heterocycles. The maximum Gasteiger partial charge on any atom is 0.326 e. The van der Waals surface area contributed by atoms with Crippen molar-refractivity contribution >= 4 is 35.6 Å². The van der Waals surface area contributed by atoms with Crippen LogP contribution in [0, 0.1) is 0 Å². The van der Waals surface area contributed by atoms with Gasteiger partial charge in [-0.25, -0.2) is 4.79 Å². The summed E-state index contributed by atoms with van der Waals surface area (Å²) in [4.78, 5) is 72.3. The summed E-state index contributed by atoms with van der Waals surface area (Å²) in [6.07, 6.45) is 0.612. The Morgan fingerprint density at radius 2 is 1.55 bits per heavy atom. The molecule has 13 heteroatoms. The van der Waals surface area contributed by atoms with Gasteiger partial charge in [0.05, 0.1) is 18.9 Å². The monoisotopic (exact) mass is 442 g/mol. The molecule has 4 unspecified atom stereocenters. The zero-order valence-electron chi connectivity index (χ0n) is 16.7. The molecule has 3 amide bonds. The molecule has 0 spiro atoms. The van der Waals surface area contributed by atoms with E-state index in [1.807, 2.05) is 5.32 Å². The van der Waals surface area contributed by atoms with Crippen LogP contribution >= 0.6 is 0 Å². The van der Waals surface area contributed by atoms with Crippen molar-refractivity contribution in [2.75, 3.05) is 13.1 Å². The average Bonchev–Trinajstić information content (AvgIpc) is 3.37. The molecule has 0 aromatic rings. The third-order valence-corrected chi connectivity index (χ3v) is 5.20. The summed E-state index contributed by atoms with van der Waals surface area (Å²) in [5, 5.41) is 34.2. The molecule has 13 nitrogen and oxygen atoms in total. The first kappa shape index (κ1) is 24.1. The maximum absolute atomic E-state index is 12.8. The molecule has 4 atom stereocenters. The Hall–Kier alpha value is -3.22. The first-order valence-electron chi connectivity index (χ1n) is 9.91. The number of carbonyl (C=O) groups is 6. The van der Waals surface area contributed by atoms with Crippen LogP contribution in [0.2, 0.25) is 0 Å². The fourth-order valence-corrected chi connectivity index (χ4v) is 3.70. The van der Waals surface area contributed by atoms with E-state index in [2.05, 4.69) is 10.6 Å². The van der Waals surface area contributed by atoms with Crippen molar-refractivity contribution in [1.29, 1.82) is 0 Å². The average molecular weight is 442 g/mol. The second-order valence-corrected chi connectivity index (χ2v) is 7.49. The SMILES string of the molecule is O=C(O)CC(NC(=O)C(CC(=O)O)NC(=O)C1CCCN1C(=O)C1CCCN1)C(=O)O. The molecule has 31 heavy (non-hydrogen) atoms. The van der Waals surface area contributed by atoms with Gasteiger partial charge in [-0.1, -0.05) is 0 Å². The zero-order chi connectivity index (χ0) is 23.1. The quantitative estimate of drug-likeness (QED) is 0.214. The van der Waals surface area contributed by atoms with Crippen LogP contribution in [0.3, 0.4) is 0 Å². The molecule has 0 saturated carbocycles. The molecule has 2 aliphatic rings. The summed E-state index contributed by atoms with van der Waals surface area (Å²) in [7, 11) is 0. The fourth-order valence-electron chi connectivity index (χ4n) is 3.70. The van der Waals surface area contributed by atoms with Gasteiger partial charge in [-0.2, -0.15) is 0 Å². The molecular weight excluding hydrogens is 416 g/mol. The first-order valence-corrected chi connectivity index (χ1v) is 9.91. The number of likely N-dealkylation sites (tertiary alicyclic amines) is 1. The van der Waals surface area contributed by atoms with Gasteiger partial charge < -0.3 is 36.2 Å². The van der Waals surface area contributed by atoms with Crippen LogP contribution in [-0.2, 0) is 28.8 Å². The molecule has 0 bridgehead atoms. The minimum Gasteiger partial charge on any atom is -0.481 e. The van der Waals surface area contributed by atoms with Crippen LogP contribution < -0.4 is 16.0 Å². The van der Waals surface area contributed by atoms with Crippen molar-refractivity contribution in [2.45, 2.75) is 62.7 Å². The number of hydrogen-bond acceptors (Lipinski definition) is 7. The highest BCUT2D eigenvalue weighted by Gasteiger charge is 2.39. The second kappa shape index (κ2) is 10.7. The Morgan fingerprint density at radius 3 is 2.10 bits per heavy atom.